The Morgan fingerprint density at radius 3 is 2.94 bits per heavy atom. The molecule has 0 fully saturated rings. The number of ether oxygens (including phenoxy) is 1. The Morgan fingerprint density at radius 2 is 2.28 bits per heavy atom. The van der Waals surface area contributed by atoms with Crippen molar-refractivity contribution in [2.24, 2.45) is 0 Å². The van der Waals surface area contributed by atoms with E-state index in [1.54, 1.807) is 7.05 Å². The molecule has 18 heavy (non-hydrogen) atoms. The third-order valence-corrected chi connectivity index (χ3v) is 3.35. The molecular formula is C9H12N6OS2. The van der Waals surface area contributed by atoms with Gasteiger partial charge in [-0.2, -0.15) is 19.3 Å². The van der Waals surface area contributed by atoms with Crippen LogP contribution in [0.15, 0.2) is 15.8 Å². The van der Waals surface area contributed by atoms with Crippen LogP contribution in [0.25, 0.3) is 0 Å². The Kier molecular flexibility index (Phi) is 4.65. The van der Waals surface area contributed by atoms with Crippen molar-refractivity contribution in [1.82, 2.24) is 24.3 Å². The molecule has 0 aromatic carbocycles. The Bertz CT molecular complexity index is 492. The number of anilines is 1. The lowest BCUT2D eigenvalue weighted by molar-refractivity contribution is 0.288. The molecule has 1 N–H and O–H groups in total. The van der Waals surface area contributed by atoms with Crippen molar-refractivity contribution in [3.05, 3.63) is 6.33 Å². The number of nitrogens with zero attached hydrogens (tertiary/aromatic N) is 5. The minimum atomic E-state index is 0.322. The van der Waals surface area contributed by atoms with Crippen LogP contribution in [-0.4, -0.2) is 38.0 Å². The van der Waals surface area contributed by atoms with Gasteiger partial charge < -0.3 is 10.1 Å². The predicted octanol–water partition coefficient (Wildman–Crippen LogP) is 1.70. The Hall–Kier alpha value is -1.48. The number of rotatable bonds is 6. The fourth-order valence-electron chi connectivity index (χ4n) is 1.04. The molecule has 2 heterocycles. The second-order valence-electron chi connectivity index (χ2n) is 3.13. The van der Waals surface area contributed by atoms with Gasteiger partial charge in [-0.3, -0.25) is 0 Å². The molecule has 0 bridgehead atoms. The highest BCUT2D eigenvalue weighted by Gasteiger charge is 2.09. The molecule has 96 valence electrons. The van der Waals surface area contributed by atoms with Gasteiger partial charge in [0.15, 0.2) is 4.34 Å². The highest BCUT2D eigenvalue weighted by Crippen LogP contribution is 2.26. The predicted molar refractivity (Wildman–Crippen MR) is 69.2 cm³/mol. The first-order valence-corrected chi connectivity index (χ1v) is 6.92. The van der Waals surface area contributed by atoms with Crippen LogP contribution in [0.2, 0.25) is 0 Å². The van der Waals surface area contributed by atoms with Crippen LogP contribution in [-0.2, 0) is 0 Å². The minimum absolute atomic E-state index is 0.322. The summed E-state index contributed by atoms with van der Waals surface area (Å²) in [5, 5.41) is 3.41. The Labute approximate surface area is 113 Å². The quantitative estimate of drug-likeness (QED) is 0.858. The summed E-state index contributed by atoms with van der Waals surface area (Å²) in [5.74, 6) is 0.475. The zero-order valence-electron chi connectivity index (χ0n) is 9.95. The van der Waals surface area contributed by atoms with Crippen LogP contribution in [0.3, 0.4) is 0 Å². The van der Waals surface area contributed by atoms with Crippen molar-refractivity contribution in [3.63, 3.8) is 0 Å². The van der Waals surface area contributed by atoms with E-state index >= 15 is 0 Å². The monoisotopic (exact) mass is 284 g/mol. The molecule has 2 aromatic heterocycles. The molecule has 0 radical (unpaired) electrons. The molecule has 9 heteroatoms. The van der Waals surface area contributed by atoms with Crippen LogP contribution < -0.4 is 10.1 Å². The molecule has 7 nitrogen and oxygen atoms in total. The van der Waals surface area contributed by atoms with Crippen molar-refractivity contribution < 1.29 is 4.74 Å². The van der Waals surface area contributed by atoms with Crippen LogP contribution in [0.5, 0.6) is 6.01 Å². The number of nitrogens with one attached hydrogen (secondary N) is 1. The average molecular weight is 284 g/mol. The second-order valence-corrected chi connectivity index (χ2v) is 5.13. The highest BCUT2D eigenvalue weighted by atomic mass is 32.2. The van der Waals surface area contributed by atoms with E-state index in [1.807, 2.05) is 6.92 Å². The van der Waals surface area contributed by atoms with E-state index in [-0.39, 0.29) is 0 Å². The zero-order valence-corrected chi connectivity index (χ0v) is 11.6. The van der Waals surface area contributed by atoms with Gasteiger partial charge in [-0.1, -0.05) is 6.92 Å². The van der Waals surface area contributed by atoms with E-state index in [4.69, 9.17) is 4.74 Å². The summed E-state index contributed by atoms with van der Waals surface area (Å²) < 4.78 is 10.1. The van der Waals surface area contributed by atoms with Gasteiger partial charge in [0.2, 0.25) is 11.1 Å². The maximum Gasteiger partial charge on any atom is 0.322 e. The summed E-state index contributed by atoms with van der Waals surface area (Å²) in [7, 11) is 1.75. The average Bonchev–Trinajstić information content (AvgIpc) is 2.89. The first kappa shape index (κ1) is 13.0. The summed E-state index contributed by atoms with van der Waals surface area (Å²) in [4.78, 5) is 16.6. The summed E-state index contributed by atoms with van der Waals surface area (Å²) >= 11 is 2.63. The van der Waals surface area contributed by atoms with E-state index in [2.05, 4.69) is 29.6 Å². The molecule has 0 saturated carbocycles. The van der Waals surface area contributed by atoms with E-state index in [0.717, 1.165) is 10.8 Å². The number of hydrogen-bond acceptors (Lipinski definition) is 9. The molecule has 0 unspecified atom stereocenters. The smallest absolute Gasteiger partial charge is 0.322 e. The minimum Gasteiger partial charge on any atom is -0.463 e. The van der Waals surface area contributed by atoms with Crippen LogP contribution >= 0.6 is 23.3 Å². The normalized spacial score (nSPS) is 10.3. The lowest BCUT2D eigenvalue weighted by Crippen LogP contribution is -2.05. The van der Waals surface area contributed by atoms with E-state index in [9.17, 15) is 0 Å². The van der Waals surface area contributed by atoms with E-state index in [0.29, 0.717) is 23.7 Å². The summed E-state index contributed by atoms with van der Waals surface area (Å²) in [5.41, 5.74) is 0. The van der Waals surface area contributed by atoms with Gasteiger partial charge in [-0.05, 0) is 29.7 Å². The molecular weight excluding hydrogens is 272 g/mol. The van der Waals surface area contributed by atoms with Crippen molar-refractivity contribution in [3.8, 4) is 6.01 Å². The standard InChI is InChI=1S/C9H12N6OS2/c1-3-4-16-7-13-6(10-2)14-8(15-7)17-9-11-5-12-18-9/h5H,3-4H2,1-2H3,(H,10,13,14,15). The Balaban J connectivity index is 2.17. The van der Waals surface area contributed by atoms with Gasteiger partial charge in [-0.25, -0.2) is 4.98 Å². The molecule has 0 spiro atoms. The third-order valence-electron chi connectivity index (χ3n) is 1.77. The topological polar surface area (TPSA) is 85.7 Å². The van der Waals surface area contributed by atoms with Gasteiger partial charge in [0.05, 0.1) is 6.61 Å². The summed E-state index contributed by atoms with van der Waals surface area (Å²) in [6, 6.07) is 0.322. The zero-order chi connectivity index (χ0) is 12.8. The van der Waals surface area contributed by atoms with Gasteiger partial charge in [-0.15, -0.1) is 0 Å². The van der Waals surface area contributed by atoms with Crippen LogP contribution in [0.4, 0.5) is 5.95 Å². The van der Waals surface area contributed by atoms with E-state index < -0.39 is 0 Å². The molecule has 0 amide bonds. The molecule has 0 atom stereocenters. The maximum atomic E-state index is 5.41. The van der Waals surface area contributed by atoms with Gasteiger partial charge in [0, 0.05) is 7.05 Å². The molecule has 0 aliphatic rings. The Morgan fingerprint density at radius 1 is 1.39 bits per heavy atom. The molecule has 0 aliphatic heterocycles. The fourth-order valence-corrected chi connectivity index (χ4v) is 2.33. The highest BCUT2D eigenvalue weighted by molar-refractivity contribution is 8.00. The molecule has 2 rings (SSSR count). The van der Waals surface area contributed by atoms with Crippen LogP contribution in [0.1, 0.15) is 13.3 Å². The molecule has 2 aromatic rings. The van der Waals surface area contributed by atoms with E-state index in [1.165, 1.54) is 29.6 Å². The number of aromatic nitrogens is 5. The first-order valence-electron chi connectivity index (χ1n) is 5.33. The van der Waals surface area contributed by atoms with Gasteiger partial charge in [0.1, 0.15) is 6.33 Å². The third kappa shape index (κ3) is 3.50. The lowest BCUT2D eigenvalue weighted by atomic mass is 10.5. The second kappa shape index (κ2) is 6.45. The van der Waals surface area contributed by atoms with Crippen molar-refractivity contribution in [2.75, 3.05) is 19.0 Å². The van der Waals surface area contributed by atoms with Crippen LogP contribution in [0, 0.1) is 0 Å². The first-order chi connectivity index (χ1) is 8.81. The van der Waals surface area contributed by atoms with Crippen molar-refractivity contribution in [1.29, 1.82) is 0 Å². The largest absolute Gasteiger partial charge is 0.463 e. The fraction of sp³-hybridized carbons (Fsp3) is 0.444. The SMILES string of the molecule is CCCOc1nc(NC)nc(Sc2ncns2)n1. The lowest BCUT2D eigenvalue weighted by Gasteiger charge is -2.05. The summed E-state index contributed by atoms with van der Waals surface area (Å²) in [6.45, 7) is 2.60. The van der Waals surface area contributed by atoms with Crippen molar-refractivity contribution in [2.45, 2.75) is 22.8 Å². The van der Waals surface area contributed by atoms with Gasteiger partial charge in [0.25, 0.3) is 0 Å². The molecule has 0 aliphatic carbocycles. The summed E-state index contributed by atoms with van der Waals surface area (Å²) in [6.07, 6.45) is 2.40. The van der Waals surface area contributed by atoms with Crippen molar-refractivity contribution >= 4 is 29.2 Å². The maximum absolute atomic E-state index is 5.41. The van der Waals surface area contributed by atoms with Gasteiger partial charge >= 0.3 is 6.01 Å². The number of hydrogen-bond donors (Lipinski definition) is 1. The molecule has 0 saturated heterocycles.